The number of aliphatic hydroxyl groups excluding tert-OH is 3. The molecule has 2 aliphatic heterocycles. The zero-order valence-corrected chi connectivity index (χ0v) is 52.8. The van der Waals surface area contributed by atoms with E-state index >= 15 is 0 Å². The van der Waals surface area contributed by atoms with Crippen LogP contribution in [0.1, 0.15) is 159 Å². The maximum atomic E-state index is 14.4. The molecule has 89 heavy (non-hydrogen) atoms. The third kappa shape index (κ3) is 13.9. The molecule has 19 nitrogen and oxygen atoms in total. The monoisotopic (exact) mass is 1230 g/mol. The lowest BCUT2D eigenvalue weighted by Crippen LogP contribution is -2.64. The zero-order valence-electron chi connectivity index (χ0n) is 52.8. The van der Waals surface area contributed by atoms with Crippen molar-refractivity contribution in [2.45, 2.75) is 198 Å². The highest BCUT2D eigenvalue weighted by atomic mass is 16.7. The highest BCUT2D eigenvalue weighted by Gasteiger charge is 2.71. The Morgan fingerprint density at radius 3 is 2.06 bits per heavy atom. The van der Waals surface area contributed by atoms with Gasteiger partial charge in [-0.05, 0) is 140 Å². The number of Topliss-reactive ketones (excluding diaryl/α,β-unsaturated/α-hetero) is 1. The summed E-state index contributed by atoms with van der Waals surface area (Å²) in [6.45, 7) is 11.7. The summed E-state index contributed by atoms with van der Waals surface area (Å²) in [7, 11) is 1.49. The fourth-order valence-electron chi connectivity index (χ4n) is 16.4. The molecule has 19 heteroatoms. The molecule has 2 heterocycles. The second kappa shape index (κ2) is 28.4. The lowest BCUT2D eigenvalue weighted by Gasteiger charge is -2.59. The third-order valence-electron chi connectivity index (χ3n) is 21.4. The molecule has 17 atom stereocenters. The summed E-state index contributed by atoms with van der Waals surface area (Å²) in [5, 5.41) is 53.7. The topological polar surface area (TPSA) is 264 Å². The summed E-state index contributed by atoms with van der Waals surface area (Å²) in [5.74, 6) is -3.06. The maximum absolute atomic E-state index is 14.4. The van der Waals surface area contributed by atoms with E-state index in [2.05, 4.69) is 68.7 Å². The second-order valence-corrected chi connectivity index (χ2v) is 27.1. The molecule has 3 aromatic rings. The number of fused-ring (bicyclic) bond motifs is 8. The van der Waals surface area contributed by atoms with E-state index in [4.69, 9.17) is 37.9 Å². The van der Waals surface area contributed by atoms with Crippen LogP contribution in [0.5, 0.6) is 5.75 Å². The number of allylic oxidation sites excluding steroid dienone is 1. The van der Waals surface area contributed by atoms with Crippen molar-refractivity contribution >= 4 is 29.7 Å². The molecule has 2 amide bonds. The van der Waals surface area contributed by atoms with E-state index < -0.39 is 103 Å². The molecule has 486 valence electrons. The van der Waals surface area contributed by atoms with Gasteiger partial charge in [0.15, 0.2) is 24.8 Å². The Balaban J connectivity index is 0.804. The van der Waals surface area contributed by atoms with Gasteiger partial charge in [0.25, 0.3) is 0 Å². The second-order valence-electron chi connectivity index (χ2n) is 27.1. The Morgan fingerprint density at radius 1 is 0.742 bits per heavy atom. The summed E-state index contributed by atoms with van der Waals surface area (Å²) in [4.78, 5) is 68.3. The molecule has 9 unspecified atom stereocenters. The number of rotatable bonds is 24. The number of alkyl carbamates (subject to hydrolysis) is 1. The van der Waals surface area contributed by atoms with Gasteiger partial charge in [0.05, 0.1) is 44.2 Å². The predicted molar refractivity (Wildman–Crippen MR) is 328 cm³/mol. The minimum absolute atomic E-state index is 0.0401. The van der Waals surface area contributed by atoms with Gasteiger partial charge in [-0.2, -0.15) is 0 Å². The van der Waals surface area contributed by atoms with Gasteiger partial charge in [0.1, 0.15) is 35.9 Å². The van der Waals surface area contributed by atoms with Crippen molar-refractivity contribution in [3.63, 3.8) is 0 Å². The Bertz CT molecular complexity index is 2960. The van der Waals surface area contributed by atoms with Crippen LogP contribution in [0.2, 0.25) is 0 Å². The van der Waals surface area contributed by atoms with Gasteiger partial charge >= 0.3 is 18.0 Å². The number of hydrogen-bond donors (Lipinski definition) is 6. The van der Waals surface area contributed by atoms with E-state index in [-0.39, 0.29) is 78.5 Å². The van der Waals surface area contributed by atoms with Crippen molar-refractivity contribution in [3.8, 4) is 16.9 Å². The van der Waals surface area contributed by atoms with Crippen molar-refractivity contribution in [2.75, 3.05) is 40.0 Å². The molecule has 2 saturated heterocycles. The van der Waals surface area contributed by atoms with Gasteiger partial charge in [-0.1, -0.05) is 108 Å². The molecule has 0 bridgehead atoms. The number of hydrogen-bond acceptors (Lipinski definition) is 17. The van der Waals surface area contributed by atoms with Crippen LogP contribution >= 0.6 is 0 Å². The number of methoxy groups -OCH3 is 1. The van der Waals surface area contributed by atoms with Crippen molar-refractivity contribution in [3.05, 3.63) is 101 Å². The third-order valence-corrected chi connectivity index (χ3v) is 21.4. The van der Waals surface area contributed by atoms with Gasteiger partial charge < -0.3 is 69.0 Å². The molecule has 10 rings (SSSR count). The van der Waals surface area contributed by atoms with Crippen molar-refractivity contribution in [2.24, 2.45) is 46.3 Å². The summed E-state index contributed by atoms with van der Waals surface area (Å²) in [6.07, 6.45) is -1.65. The summed E-state index contributed by atoms with van der Waals surface area (Å²) in [5.41, 5.74) is 3.37. The normalized spacial score (nSPS) is 33.3. The molecule has 5 aliphatic carbocycles. The molecule has 0 radical (unpaired) electrons. The lowest BCUT2D eigenvalue weighted by atomic mass is 9.46. The number of ketones is 1. The first-order valence-electron chi connectivity index (χ1n) is 32.6. The SMILES string of the molecule is COc1ccc(C(=O)OC2C(OC3C(O)COC(O[C@H]4C[C@H]5[C@@H]6CC=C7C[C@@H](O)CC[C@]7(C)C6CC[C@]5(C)[C@@]4(O)[C@H](C)C(=O)CCC(C)C)C3OC(C)=O)OCC(O)C2CC(=O)NCCCCCCNC(=O)OCC2c3ccccc3-c3ccccc32)cc1. The number of carbonyl (C=O) groups excluding carboxylic acids is 5. The number of nitrogens with one attached hydrogen (secondary N) is 2. The highest BCUT2D eigenvalue weighted by molar-refractivity contribution is 5.90. The average Bonchev–Trinajstić information content (AvgIpc) is 1.62. The van der Waals surface area contributed by atoms with E-state index in [0.29, 0.717) is 63.8 Å². The Labute approximate surface area is 523 Å². The molecule has 7 aliphatic rings. The number of esters is 2. The number of amides is 2. The molecule has 3 aromatic carbocycles. The lowest BCUT2D eigenvalue weighted by molar-refractivity contribution is -0.342. The largest absolute Gasteiger partial charge is 0.497 e. The number of unbranched alkanes of at least 4 members (excludes halogenated alkanes) is 3. The Kier molecular flexibility index (Phi) is 21.1. The van der Waals surface area contributed by atoms with E-state index in [0.717, 1.165) is 54.4 Å². The van der Waals surface area contributed by atoms with Crippen LogP contribution in [-0.2, 0) is 47.5 Å². The van der Waals surface area contributed by atoms with E-state index in [1.54, 1.807) is 19.1 Å². The number of benzene rings is 3. The molecule has 0 spiro atoms. The van der Waals surface area contributed by atoms with Crippen LogP contribution < -0.4 is 15.4 Å². The first kappa shape index (κ1) is 66.2. The van der Waals surface area contributed by atoms with Gasteiger partial charge in [-0.3, -0.25) is 14.4 Å². The van der Waals surface area contributed by atoms with Gasteiger partial charge in [0, 0.05) is 56.0 Å². The fourth-order valence-corrected chi connectivity index (χ4v) is 16.4. The minimum atomic E-state index is -1.72. The van der Waals surface area contributed by atoms with Gasteiger partial charge in [-0.15, -0.1) is 0 Å². The van der Waals surface area contributed by atoms with Crippen molar-refractivity contribution in [1.29, 1.82) is 0 Å². The predicted octanol–water partition coefficient (Wildman–Crippen LogP) is 8.88. The first-order chi connectivity index (χ1) is 42.6. The Hall–Kier alpha value is -5.77. The standard InChI is InChI=1S/C70H94N2O17/c1-40(2)20-27-56(75)41(3)70(81)59(36-55-51-26-23-44-34-45(74)28-30-68(44,5)54(51)29-31-69(55,70)6)87-66-63(86-42(4)73)62(58(77)39-84-66)89-65-61(88-64(79)43-21-24-46(82-7)25-22-43)52(57(76)38-83-65)35-60(78)71-32-14-8-9-15-33-72-67(80)85-37-53-49-18-12-10-16-47(49)48-17-11-13-19-50(48)53/h10-13,16-19,21-25,40-41,45,51-55,57-59,61-63,65-66,74,76-77,81H,8-9,14-15,20,26-39H2,1-7H3,(H,71,78)(H,72,80)/t41-,45+,51-,52?,54?,55+,57?,58?,59+,61?,62?,63?,65?,66?,68+,69+,70-/m1/s1. The fraction of sp³-hybridized carbons (Fsp3) is 0.643. The van der Waals surface area contributed by atoms with Crippen molar-refractivity contribution in [1.82, 2.24) is 10.6 Å². The smallest absolute Gasteiger partial charge is 0.407 e. The van der Waals surface area contributed by atoms with Crippen LogP contribution in [0.25, 0.3) is 11.1 Å². The van der Waals surface area contributed by atoms with Gasteiger partial charge in [0.2, 0.25) is 5.91 Å². The first-order valence-corrected chi connectivity index (χ1v) is 32.6. The molecular weight excluding hydrogens is 1140 g/mol. The van der Waals surface area contributed by atoms with Crippen LogP contribution in [-0.4, -0.2) is 151 Å². The zero-order chi connectivity index (χ0) is 63.4. The average molecular weight is 1240 g/mol. The van der Waals surface area contributed by atoms with Crippen LogP contribution in [0.4, 0.5) is 4.79 Å². The minimum Gasteiger partial charge on any atom is -0.497 e. The Morgan fingerprint density at radius 2 is 1.39 bits per heavy atom. The molecule has 3 saturated carbocycles. The van der Waals surface area contributed by atoms with E-state index in [1.807, 2.05) is 24.3 Å². The van der Waals surface area contributed by atoms with Crippen LogP contribution in [0, 0.1) is 46.3 Å². The van der Waals surface area contributed by atoms with Crippen LogP contribution in [0.15, 0.2) is 84.4 Å². The number of ether oxygens (including phenoxy) is 8. The molecule has 0 aromatic heterocycles. The van der Waals surface area contributed by atoms with Crippen molar-refractivity contribution < 1.29 is 82.3 Å². The maximum Gasteiger partial charge on any atom is 0.407 e. The number of carbonyl (C=O) groups is 5. The molecule has 5 fully saturated rings. The molecule has 6 N–H and O–H groups in total. The van der Waals surface area contributed by atoms with E-state index in [9.17, 15) is 44.4 Å². The summed E-state index contributed by atoms with van der Waals surface area (Å²) < 4.78 is 49.2. The molecular formula is C70H94N2O17. The quantitative estimate of drug-likeness (QED) is 0.0212. The van der Waals surface area contributed by atoms with Crippen LogP contribution in [0.3, 0.4) is 0 Å². The summed E-state index contributed by atoms with van der Waals surface area (Å²) >= 11 is 0. The van der Waals surface area contributed by atoms with Gasteiger partial charge in [-0.25, -0.2) is 9.59 Å². The van der Waals surface area contributed by atoms with E-state index in [1.165, 1.54) is 31.7 Å². The number of aliphatic hydroxyl groups is 4. The summed E-state index contributed by atoms with van der Waals surface area (Å²) in [6, 6.07) is 22.5. The highest BCUT2D eigenvalue weighted by Crippen LogP contribution is 2.69.